The van der Waals surface area contributed by atoms with Crippen LogP contribution in [-0.4, -0.2) is 19.8 Å². The van der Waals surface area contributed by atoms with Gasteiger partial charge in [-0.25, -0.2) is 4.98 Å². The first-order valence-corrected chi connectivity index (χ1v) is 7.35. The van der Waals surface area contributed by atoms with Gasteiger partial charge in [0.1, 0.15) is 0 Å². The molecule has 9 nitrogen and oxygen atoms in total. The highest BCUT2D eigenvalue weighted by Gasteiger charge is 2.21. The molecule has 2 rings (SSSR count). The molecule has 0 atom stereocenters. The monoisotopic (exact) mass is 336 g/mol. The standard InChI is InChI=1S/C13H12N4O5S/c1-3-9-7(2)14-13(15-12(9)18)23-11-5-4-8(16(19)20)6-10(11)17(21)22/h4-6H,3H2,1-2H3,(H,14,15,18). The largest absolute Gasteiger partial charge is 0.301 e. The zero-order chi connectivity index (χ0) is 17.1. The Labute approximate surface area is 134 Å². The van der Waals surface area contributed by atoms with Gasteiger partial charge in [0.2, 0.25) is 0 Å². The van der Waals surface area contributed by atoms with E-state index in [2.05, 4.69) is 9.97 Å². The first-order chi connectivity index (χ1) is 10.8. The van der Waals surface area contributed by atoms with Crippen molar-refractivity contribution in [2.24, 2.45) is 0 Å². The Morgan fingerprint density at radius 1 is 1.26 bits per heavy atom. The van der Waals surface area contributed by atoms with Crippen molar-refractivity contribution >= 4 is 23.1 Å². The molecule has 0 fully saturated rings. The van der Waals surface area contributed by atoms with Crippen molar-refractivity contribution in [2.45, 2.75) is 30.3 Å². The second kappa shape index (κ2) is 6.57. The Balaban J connectivity index is 2.46. The Kier molecular flexibility index (Phi) is 4.74. The molecule has 0 saturated heterocycles. The SMILES string of the molecule is CCc1c(C)nc(Sc2ccc([N+](=O)[O-])cc2[N+](=O)[O-])[nH]c1=O. The van der Waals surface area contributed by atoms with Crippen molar-refractivity contribution < 1.29 is 9.85 Å². The van der Waals surface area contributed by atoms with Crippen molar-refractivity contribution in [3.8, 4) is 0 Å². The fourth-order valence-electron chi connectivity index (χ4n) is 2.00. The molecule has 0 aliphatic carbocycles. The average molecular weight is 336 g/mol. The van der Waals surface area contributed by atoms with E-state index in [0.717, 1.165) is 17.8 Å². The summed E-state index contributed by atoms with van der Waals surface area (Å²) in [5.74, 6) is 0. The van der Waals surface area contributed by atoms with E-state index >= 15 is 0 Å². The summed E-state index contributed by atoms with van der Waals surface area (Å²) in [6.45, 7) is 3.51. The second-order valence-electron chi connectivity index (χ2n) is 4.56. The topological polar surface area (TPSA) is 132 Å². The molecule has 0 saturated carbocycles. The highest BCUT2D eigenvalue weighted by Crippen LogP contribution is 2.35. The number of nitro groups is 2. The number of nitro benzene ring substituents is 2. The molecule has 0 amide bonds. The number of rotatable bonds is 5. The van der Waals surface area contributed by atoms with Crippen LogP contribution < -0.4 is 5.56 Å². The van der Waals surface area contributed by atoms with E-state index in [-0.39, 0.29) is 21.3 Å². The van der Waals surface area contributed by atoms with E-state index in [9.17, 15) is 25.0 Å². The van der Waals surface area contributed by atoms with Gasteiger partial charge in [0.25, 0.3) is 16.9 Å². The summed E-state index contributed by atoms with van der Waals surface area (Å²) < 4.78 is 0. The van der Waals surface area contributed by atoms with Crippen LogP contribution in [0.25, 0.3) is 0 Å². The summed E-state index contributed by atoms with van der Waals surface area (Å²) in [4.78, 5) is 39.2. The molecule has 1 aromatic heterocycles. The smallest absolute Gasteiger partial charge is 0.290 e. The summed E-state index contributed by atoms with van der Waals surface area (Å²) in [5, 5.41) is 22.0. The zero-order valence-electron chi connectivity index (χ0n) is 12.2. The fourth-order valence-corrected chi connectivity index (χ4v) is 2.91. The third-order valence-corrected chi connectivity index (χ3v) is 4.06. The normalized spacial score (nSPS) is 10.5. The van der Waals surface area contributed by atoms with E-state index < -0.39 is 15.5 Å². The minimum absolute atomic E-state index is 0.160. The van der Waals surface area contributed by atoms with Gasteiger partial charge in [-0.3, -0.25) is 25.0 Å². The number of aromatic nitrogens is 2. The molecule has 120 valence electrons. The summed E-state index contributed by atoms with van der Waals surface area (Å²) in [6.07, 6.45) is 0.525. The lowest BCUT2D eigenvalue weighted by atomic mass is 10.2. The summed E-state index contributed by atoms with van der Waals surface area (Å²) in [7, 11) is 0. The van der Waals surface area contributed by atoms with Gasteiger partial charge < -0.3 is 4.98 Å². The number of aryl methyl sites for hydroxylation is 1. The Morgan fingerprint density at radius 3 is 2.48 bits per heavy atom. The minimum atomic E-state index is -0.708. The first kappa shape index (κ1) is 16.6. The number of benzene rings is 1. The Hall–Kier alpha value is -2.75. The van der Waals surface area contributed by atoms with Crippen LogP contribution in [0.1, 0.15) is 18.2 Å². The van der Waals surface area contributed by atoms with Crippen molar-refractivity contribution in [1.82, 2.24) is 9.97 Å². The van der Waals surface area contributed by atoms with E-state index in [1.165, 1.54) is 12.1 Å². The molecule has 2 aromatic rings. The van der Waals surface area contributed by atoms with Crippen molar-refractivity contribution in [3.63, 3.8) is 0 Å². The third-order valence-electron chi connectivity index (χ3n) is 3.11. The fraction of sp³-hybridized carbons (Fsp3) is 0.231. The lowest BCUT2D eigenvalue weighted by Gasteiger charge is -2.05. The van der Waals surface area contributed by atoms with Crippen molar-refractivity contribution in [3.05, 3.63) is 60.0 Å². The molecular weight excluding hydrogens is 324 g/mol. The Bertz CT molecular complexity index is 849. The third kappa shape index (κ3) is 3.54. The molecule has 0 aliphatic rings. The first-order valence-electron chi connectivity index (χ1n) is 6.54. The molecule has 0 radical (unpaired) electrons. The predicted octanol–water partition coefficient (Wildman–Crippen LogP) is 2.61. The van der Waals surface area contributed by atoms with Gasteiger partial charge in [-0.05, 0) is 31.2 Å². The molecular formula is C13H12N4O5S. The highest BCUT2D eigenvalue weighted by molar-refractivity contribution is 7.99. The number of nitrogens with one attached hydrogen (secondary N) is 1. The minimum Gasteiger partial charge on any atom is -0.301 e. The quantitative estimate of drug-likeness (QED) is 0.504. The zero-order valence-corrected chi connectivity index (χ0v) is 13.0. The van der Waals surface area contributed by atoms with Crippen LogP contribution in [0.2, 0.25) is 0 Å². The van der Waals surface area contributed by atoms with Crippen LogP contribution in [0.3, 0.4) is 0 Å². The van der Waals surface area contributed by atoms with Crippen LogP contribution in [-0.2, 0) is 6.42 Å². The number of hydrogen-bond donors (Lipinski definition) is 1. The van der Waals surface area contributed by atoms with Gasteiger partial charge in [0, 0.05) is 17.3 Å². The number of hydrogen-bond acceptors (Lipinski definition) is 7. The van der Waals surface area contributed by atoms with Gasteiger partial charge in [-0.1, -0.05) is 6.92 Å². The van der Waals surface area contributed by atoms with Gasteiger partial charge in [0.15, 0.2) is 5.16 Å². The summed E-state index contributed by atoms with van der Waals surface area (Å²) >= 11 is 0.880. The van der Waals surface area contributed by atoms with E-state index in [1.54, 1.807) is 6.92 Å². The van der Waals surface area contributed by atoms with Gasteiger partial charge in [-0.2, -0.15) is 0 Å². The maximum absolute atomic E-state index is 11.9. The number of nitrogens with zero attached hydrogens (tertiary/aromatic N) is 3. The molecule has 23 heavy (non-hydrogen) atoms. The van der Waals surface area contributed by atoms with Crippen molar-refractivity contribution in [1.29, 1.82) is 0 Å². The molecule has 1 heterocycles. The van der Waals surface area contributed by atoms with Gasteiger partial charge >= 0.3 is 0 Å². The molecule has 1 aromatic carbocycles. The van der Waals surface area contributed by atoms with Crippen molar-refractivity contribution in [2.75, 3.05) is 0 Å². The number of H-pyrrole nitrogens is 1. The molecule has 0 spiro atoms. The molecule has 0 unspecified atom stereocenters. The van der Waals surface area contributed by atoms with Gasteiger partial charge in [0.05, 0.1) is 20.8 Å². The van der Waals surface area contributed by atoms with E-state index in [0.29, 0.717) is 17.7 Å². The molecule has 1 N–H and O–H groups in total. The lowest BCUT2D eigenvalue weighted by Crippen LogP contribution is -2.16. The predicted molar refractivity (Wildman–Crippen MR) is 82.8 cm³/mol. The van der Waals surface area contributed by atoms with Crippen LogP contribution in [0.15, 0.2) is 33.0 Å². The van der Waals surface area contributed by atoms with Crippen LogP contribution in [0.4, 0.5) is 11.4 Å². The number of aromatic amines is 1. The summed E-state index contributed by atoms with van der Waals surface area (Å²) in [6, 6.07) is 3.32. The second-order valence-corrected chi connectivity index (χ2v) is 5.59. The number of non-ortho nitro benzene ring substituents is 1. The molecule has 0 aliphatic heterocycles. The lowest BCUT2D eigenvalue weighted by molar-refractivity contribution is -0.396. The van der Waals surface area contributed by atoms with Crippen LogP contribution in [0, 0.1) is 27.2 Å². The molecule has 0 bridgehead atoms. The highest BCUT2D eigenvalue weighted by atomic mass is 32.2. The maximum Gasteiger partial charge on any atom is 0.290 e. The van der Waals surface area contributed by atoms with Crippen LogP contribution in [0.5, 0.6) is 0 Å². The summed E-state index contributed by atoms with van der Waals surface area (Å²) in [5.41, 5.74) is 0.00649. The Morgan fingerprint density at radius 2 is 1.96 bits per heavy atom. The molecule has 10 heteroatoms. The van der Waals surface area contributed by atoms with Crippen LogP contribution >= 0.6 is 11.8 Å². The average Bonchev–Trinajstić information content (AvgIpc) is 2.46. The van der Waals surface area contributed by atoms with E-state index in [1.807, 2.05) is 6.92 Å². The van der Waals surface area contributed by atoms with E-state index in [4.69, 9.17) is 0 Å². The maximum atomic E-state index is 11.9. The van der Waals surface area contributed by atoms with Gasteiger partial charge in [-0.15, -0.1) is 0 Å².